The molecule has 0 radical (unpaired) electrons. The Kier molecular flexibility index (Phi) is 9.74. The summed E-state index contributed by atoms with van der Waals surface area (Å²) in [5, 5.41) is 5.79. The Balaban J connectivity index is 1.72. The molecule has 35 heavy (non-hydrogen) atoms. The van der Waals surface area contributed by atoms with E-state index in [4.69, 9.17) is 14.0 Å². The average molecular weight is 482 g/mol. The lowest BCUT2D eigenvalue weighted by Gasteiger charge is -2.26. The maximum atomic E-state index is 13.4. The highest BCUT2D eigenvalue weighted by Crippen LogP contribution is 2.17. The van der Waals surface area contributed by atoms with Crippen LogP contribution in [-0.2, 0) is 30.1 Å². The van der Waals surface area contributed by atoms with E-state index in [2.05, 4.69) is 20.6 Å². The Bertz CT molecular complexity index is 978. The molecule has 1 aliphatic heterocycles. The van der Waals surface area contributed by atoms with Crippen LogP contribution in [0, 0.1) is 5.92 Å². The summed E-state index contributed by atoms with van der Waals surface area (Å²) in [5.41, 5.74) is 1.01. The summed E-state index contributed by atoms with van der Waals surface area (Å²) >= 11 is 0. The fourth-order valence-corrected chi connectivity index (χ4v) is 3.72. The van der Waals surface area contributed by atoms with Crippen molar-refractivity contribution in [3.8, 4) is 0 Å². The molecule has 1 fully saturated rings. The number of carbonyl (C=O) groups is 3. The van der Waals surface area contributed by atoms with E-state index in [1.807, 2.05) is 44.2 Å². The minimum atomic E-state index is -0.861. The van der Waals surface area contributed by atoms with Gasteiger partial charge in [0.25, 0.3) is 5.91 Å². The lowest BCUT2D eigenvalue weighted by Crippen LogP contribution is -2.55. The first-order valence-corrected chi connectivity index (χ1v) is 11.6. The van der Waals surface area contributed by atoms with Crippen LogP contribution >= 0.6 is 0 Å². The number of rotatable bonds is 11. The fraction of sp³-hybridized carbons (Fsp3) is 0.458. The van der Waals surface area contributed by atoms with E-state index in [9.17, 15) is 14.4 Å². The number of ether oxygens (including phenoxy) is 1. The van der Waals surface area contributed by atoms with Gasteiger partial charge in [-0.1, -0.05) is 44.2 Å². The van der Waals surface area contributed by atoms with Crippen LogP contribution < -0.4 is 10.6 Å². The molecule has 0 saturated carbocycles. The minimum absolute atomic E-state index is 0.0823. The topological polar surface area (TPSA) is 129 Å². The number of hydrogen-bond donors (Lipinski definition) is 2. The monoisotopic (exact) mass is 482 g/mol. The Labute approximate surface area is 205 Å². The molecule has 2 aromatic rings. The lowest BCUT2D eigenvalue weighted by molar-refractivity contribution is -0.143. The third kappa shape index (κ3) is 8.45. The molecule has 186 valence electrons. The number of carbonyl (C=O) groups excluding carboxylic acids is 3. The van der Waals surface area contributed by atoms with Crippen molar-refractivity contribution in [2.24, 2.45) is 5.92 Å². The van der Waals surface area contributed by atoms with Crippen molar-refractivity contribution in [3.63, 3.8) is 0 Å². The molecule has 1 aromatic carbocycles. The highest BCUT2D eigenvalue weighted by atomic mass is 16.7. The van der Waals surface area contributed by atoms with E-state index >= 15 is 0 Å². The van der Waals surface area contributed by atoms with Gasteiger partial charge in [0, 0.05) is 25.7 Å². The van der Waals surface area contributed by atoms with Gasteiger partial charge in [-0.15, -0.1) is 0 Å². The van der Waals surface area contributed by atoms with E-state index in [1.54, 1.807) is 0 Å². The number of amides is 2. The SMILES string of the molecule is CC(=O)OCC1COB(C(CC(C)C)NC(=O)C(Cc2ccccc2)NC(=O)c2cnccn2)O1. The Morgan fingerprint density at radius 2 is 1.94 bits per heavy atom. The van der Waals surface area contributed by atoms with Crippen LogP contribution in [0.1, 0.15) is 43.2 Å². The van der Waals surface area contributed by atoms with Crippen LogP contribution in [0.3, 0.4) is 0 Å². The maximum absolute atomic E-state index is 13.4. The van der Waals surface area contributed by atoms with Gasteiger partial charge in [-0.25, -0.2) is 4.98 Å². The zero-order valence-corrected chi connectivity index (χ0v) is 20.2. The second-order valence-corrected chi connectivity index (χ2v) is 8.81. The predicted molar refractivity (Wildman–Crippen MR) is 128 cm³/mol. The first-order chi connectivity index (χ1) is 16.8. The van der Waals surface area contributed by atoms with E-state index < -0.39 is 37.1 Å². The van der Waals surface area contributed by atoms with Gasteiger partial charge in [0.05, 0.1) is 24.8 Å². The van der Waals surface area contributed by atoms with Crippen molar-refractivity contribution < 1.29 is 28.4 Å². The van der Waals surface area contributed by atoms with Crippen LogP contribution in [0.2, 0.25) is 0 Å². The molecule has 0 bridgehead atoms. The van der Waals surface area contributed by atoms with Gasteiger partial charge < -0.3 is 24.7 Å². The Morgan fingerprint density at radius 3 is 2.60 bits per heavy atom. The highest BCUT2D eigenvalue weighted by molar-refractivity contribution is 6.47. The maximum Gasteiger partial charge on any atom is 0.481 e. The molecule has 2 amide bonds. The molecule has 2 N–H and O–H groups in total. The summed E-state index contributed by atoms with van der Waals surface area (Å²) in [7, 11) is -0.699. The van der Waals surface area contributed by atoms with Crippen molar-refractivity contribution in [2.45, 2.75) is 51.7 Å². The zero-order chi connectivity index (χ0) is 25.2. The van der Waals surface area contributed by atoms with Crippen molar-refractivity contribution in [1.29, 1.82) is 0 Å². The number of hydrogen-bond acceptors (Lipinski definition) is 8. The summed E-state index contributed by atoms with van der Waals surface area (Å²) in [6.07, 6.45) is 4.70. The molecule has 10 nitrogen and oxygen atoms in total. The van der Waals surface area contributed by atoms with Crippen LogP contribution in [0.25, 0.3) is 0 Å². The first kappa shape index (κ1) is 26.3. The molecule has 3 unspecified atom stereocenters. The highest BCUT2D eigenvalue weighted by Gasteiger charge is 2.41. The number of benzene rings is 1. The van der Waals surface area contributed by atoms with Gasteiger partial charge in [-0.2, -0.15) is 0 Å². The zero-order valence-electron chi connectivity index (χ0n) is 20.2. The summed E-state index contributed by atoms with van der Waals surface area (Å²) in [5.74, 6) is -1.48. The largest absolute Gasteiger partial charge is 0.481 e. The molecule has 3 atom stereocenters. The van der Waals surface area contributed by atoms with Gasteiger partial charge in [-0.3, -0.25) is 19.4 Å². The molecule has 2 heterocycles. The summed E-state index contributed by atoms with van der Waals surface area (Å²) in [6, 6.07) is 8.56. The molecule has 3 rings (SSSR count). The lowest BCUT2D eigenvalue weighted by atomic mass is 9.74. The first-order valence-electron chi connectivity index (χ1n) is 11.6. The number of aromatic nitrogens is 2. The van der Waals surface area contributed by atoms with Crippen LogP contribution in [0.4, 0.5) is 0 Å². The van der Waals surface area contributed by atoms with Crippen LogP contribution in [0.15, 0.2) is 48.9 Å². The molecule has 0 aliphatic carbocycles. The quantitative estimate of drug-likeness (QED) is 0.363. The molecule has 1 saturated heterocycles. The Morgan fingerprint density at radius 1 is 1.17 bits per heavy atom. The Hall–Kier alpha value is -3.31. The van der Waals surface area contributed by atoms with Crippen LogP contribution in [0.5, 0.6) is 0 Å². The van der Waals surface area contributed by atoms with E-state index in [0.717, 1.165) is 5.56 Å². The summed E-state index contributed by atoms with van der Waals surface area (Å²) in [4.78, 5) is 45.2. The average Bonchev–Trinajstić information content (AvgIpc) is 3.32. The third-order valence-corrected chi connectivity index (χ3v) is 5.33. The van der Waals surface area contributed by atoms with Crippen molar-refractivity contribution in [2.75, 3.05) is 13.2 Å². The second-order valence-electron chi connectivity index (χ2n) is 8.81. The third-order valence-electron chi connectivity index (χ3n) is 5.33. The van der Waals surface area contributed by atoms with Crippen LogP contribution in [-0.4, -0.2) is 66.2 Å². The van der Waals surface area contributed by atoms with Crippen molar-refractivity contribution in [1.82, 2.24) is 20.6 Å². The molecular formula is C24H31BN4O6. The number of esters is 1. The van der Waals surface area contributed by atoms with Gasteiger partial charge in [0.15, 0.2) is 0 Å². The van der Waals surface area contributed by atoms with Crippen molar-refractivity contribution >= 4 is 24.9 Å². The molecule has 0 spiro atoms. The summed E-state index contributed by atoms with van der Waals surface area (Å²) in [6.45, 7) is 5.72. The van der Waals surface area contributed by atoms with Gasteiger partial charge in [-0.05, 0) is 17.9 Å². The number of nitrogens with zero attached hydrogens (tertiary/aromatic N) is 2. The molecule has 1 aromatic heterocycles. The molecule has 11 heteroatoms. The second kappa shape index (κ2) is 13.0. The number of nitrogens with one attached hydrogen (secondary N) is 2. The standard InChI is InChI=1S/C24H31BN4O6/c1-16(2)11-22(25-34-15-19(35-25)14-33-17(3)30)29-23(31)20(12-18-7-5-4-6-8-18)28-24(32)21-13-26-9-10-27-21/h4-10,13,16,19-20,22H,11-12,14-15H2,1-3H3,(H,28,32)(H,29,31). The van der Waals surface area contributed by atoms with E-state index in [-0.39, 0.29) is 37.2 Å². The van der Waals surface area contributed by atoms with E-state index in [0.29, 0.717) is 6.42 Å². The van der Waals surface area contributed by atoms with E-state index in [1.165, 1.54) is 25.5 Å². The van der Waals surface area contributed by atoms with Gasteiger partial charge in [0.2, 0.25) is 5.91 Å². The fourth-order valence-electron chi connectivity index (χ4n) is 3.72. The minimum Gasteiger partial charge on any atom is -0.463 e. The van der Waals surface area contributed by atoms with Gasteiger partial charge in [0.1, 0.15) is 18.3 Å². The van der Waals surface area contributed by atoms with Gasteiger partial charge >= 0.3 is 13.1 Å². The summed E-state index contributed by atoms with van der Waals surface area (Å²) < 4.78 is 16.7. The predicted octanol–water partition coefficient (Wildman–Crippen LogP) is 1.35. The molecular weight excluding hydrogens is 451 g/mol. The van der Waals surface area contributed by atoms with Crippen molar-refractivity contribution in [3.05, 3.63) is 60.2 Å². The smallest absolute Gasteiger partial charge is 0.463 e. The molecule has 1 aliphatic rings. The normalized spacial score (nSPS) is 17.0.